The van der Waals surface area contributed by atoms with E-state index in [1.165, 1.54) is 4.90 Å². The molecular weight excluding hydrogens is 333 g/mol. The van der Waals surface area contributed by atoms with Crippen LogP contribution in [0.5, 0.6) is 5.75 Å². The third kappa shape index (κ3) is 4.92. The minimum absolute atomic E-state index is 0.133. The summed E-state index contributed by atoms with van der Waals surface area (Å²) in [6.07, 6.45) is -0.395. The van der Waals surface area contributed by atoms with E-state index >= 15 is 0 Å². The van der Waals surface area contributed by atoms with Crippen molar-refractivity contribution in [1.82, 2.24) is 4.90 Å². The fraction of sp³-hybridized carbons (Fsp3) is 0.632. The highest BCUT2D eigenvalue weighted by Gasteiger charge is 2.36. The molecule has 0 fully saturated rings. The van der Waals surface area contributed by atoms with Gasteiger partial charge in [0, 0.05) is 5.56 Å². The highest BCUT2D eigenvalue weighted by Crippen LogP contribution is 2.27. The first-order chi connectivity index (χ1) is 11.8. The highest BCUT2D eigenvalue weighted by molar-refractivity contribution is 6.48. The number of hydrogen-bond acceptors (Lipinski definition) is 5. The normalized spacial score (nSPS) is 15.2. The first-order valence-corrected chi connectivity index (χ1v) is 8.88. The van der Waals surface area contributed by atoms with Gasteiger partial charge in [-0.3, -0.25) is 4.90 Å². The van der Waals surface area contributed by atoms with Gasteiger partial charge in [-0.15, -0.1) is 0 Å². The van der Waals surface area contributed by atoms with Gasteiger partial charge in [-0.05, 0) is 53.9 Å². The zero-order valence-electron chi connectivity index (χ0n) is 16.9. The maximum Gasteiger partial charge on any atom is 0.413 e. The van der Waals surface area contributed by atoms with Gasteiger partial charge in [0.1, 0.15) is 11.4 Å². The molecule has 1 aromatic carbocycles. The van der Waals surface area contributed by atoms with E-state index in [0.717, 1.165) is 16.8 Å². The summed E-state index contributed by atoms with van der Waals surface area (Å²) in [6, 6.07) is 5.77. The first kappa shape index (κ1) is 20.6. The molecule has 1 heterocycles. The number of carbonyl (C=O) groups is 1. The molecule has 2 rings (SSSR count). The van der Waals surface area contributed by atoms with Crippen molar-refractivity contribution in [2.75, 3.05) is 6.73 Å². The van der Waals surface area contributed by atoms with Crippen LogP contribution in [0.3, 0.4) is 0 Å². The number of para-hydroxylation sites is 1. The first-order valence-electron chi connectivity index (χ1n) is 8.88. The molecule has 1 amide bonds. The molecule has 6 nitrogen and oxygen atoms in total. The molecule has 0 aliphatic carbocycles. The summed E-state index contributed by atoms with van der Waals surface area (Å²) in [4.78, 5) is 13.8. The average Bonchev–Trinajstić information content (AvgIpc) is 2.49. The topological polar surface area (TPSA) is 68.2 Å². The molecule has 0 bridgehead atoms. The quantitative estimate of drug-likeness (QED) is 0.832. The third-order valence-electron chi connectivity index (χ3n) is 4.62. The van der Waals surface area contributed by atoms with Crippen LogP contribution in [0.4, 0.5) is 4.79 Å². The highest BCUT2D eigenvalue weighted by atomic mass is 16.6. The smallest absolute Gasteiger partial charge is 0.413 e. The lowest BCUT2D eigenvalue weighted by molar-refractivity contribution is -0.0893. The Morgan fingerprint density at radius 1 is 1.19 bits per heavy atom. The van der Waals surface area contributed by atoms with Crippen molar-refractivity contribution in [1.29, 1.82) is 0 Å². The Bertz CT molecular complexity index is 661. The van der Waals surface area contributed by atoms with Crippen molar-refractivity contribution in [2.45, 2.75) is 71.8 Å². The van der Waals surface area contributed by atoms with Gasteiger partial charge in [0.2, 0.25) is 0 Å². The van der Waals surface area contributed by atoms with Gasteiger partial charge < -0.3 is 19.2 Å². The lowest BCUT2D eigenvalue weighted by Gasteiger charge is -2.38. The Hall–Kier alpha value is -1.73. The van der Waals surface area contributed by atoms with Crippen molar-refractivity contribution >= 4 is 19.0 Å². The maximum absolute atomic E-state index is 12.2. The van der Waals surface area contributed by atoms with Gasteiger partial charge in [-0.2, -0.15) is 0 Å². The predicted octanol–water partition coefficient (Wildman–Crippen LogP) is 2.32. The molecule has 1 aliphatic rings. The number of fused-ring (bicyclic) bond motifs is 1. The van der Waals surface area contributed by atoms with E-state index < -0.39 is 22.9 Å². The van der Waals surface area contributed by atoms with Gasteiger partial charge in [0.15, 0.2) is 6.73 Å². The molecule has 144 valence electrons. The molecule has 26 heavy (non-hydrogen) atoms. The van der Waals surface area contributed by atoms with Crippen LogP contribution in [0.1, 0.15) is 54.0 Å². The van der Waals surface area contributed by atoms with Crippen LogP contribution in [0.25, 0.3) is 0 Å². The number of ether oxygens (including phenoxy) is 2. The van der Waals surface area contributed by atoms with Crippen molar-refractivity contribution < 1.29 is 24.0 Å². The van der Waals surface area contributed by atoms with Gasteiger partial charge >= 0.3 is 13.6 Å². The number of benzene rings is 1. The molecular formula is C19H30BNO5. The Kier molecular flexibility index (Phi) is 5.64. The van der Waals surface area contributed by atoms with Gasteiger partial charge in [0.05, 0.1) is 17.7 Å². The summed E-state index contributed by atoms with van der Waals surface area (Å²) in [7, 11) is 0.312. The van der Waals surface area contributed by atoms with Crippen LogP contribution in [0.15, 0.2) is 18.2 Å². The zero-order chi connectivity index (χ0) is 19.8. The van der Waals surface area contributed by atoms with E-state index in [1.807, 2.05) is 52.8 Å². The van der Waals surface area contributed by atoms with Crippen LogP contribution in [0.2, 0.25) is 0 Å². The molecule has 1 aliphatic heterocycles. The lowest BCUT2D eigenvalue weighted by atomic mass is 9.81. The van der Waals surface area contributed by atoms with Crippen molar-refractivity contribution in [3.8, 4) is 5.75 Å². The Labute approximate surface area is 156 Å². The van der Waals surface area contributed by atoms with E-state index in [1.54, 1.807) is 13.8 Å². The van der Waals surface area contributed by atoms with E-state index in [0.29, 0.717) is 14.0 Å². The van der Waals surface area contributed by atoms with Gasteiger partial charge in [-0.25, -0.2) is 4.79 Å². The number of carbonyl (C=O) groups excluding carboxylic acids is 1. The standard InChI is InChI=1S/C19H30BNO5/c1-17(2,3)25-16(22)21-11-13-9-8-10-14(15(13)24-12-21)20-26-19(6,7)18(4,5)23/h8-10,20,23H,11-12H2,1-7H3. The van der Waals surface area contributed by atoms with Gasteiger partial charge in [0.25, 0.3) is 0 Å². The van der Waals surface area contributed by atoms with Crippen LogP contribution in [-0.2, 0) is 15.9 Å². The Morgan fingerprint density at radius 3 is 2.42 bits per heavy atom. The van der Waals surface area contributed by atoms with Crippen LogP contribution in [-0.4, -0.2) is 47.1 Å². The lowest BCUT2D eigenvalue weighted by Crippen LogP contribution is -2.49. The minimum Gasteiger partial charge on any atom is -0.473 e. The number of nitrogens with zero attached hydrogens (tertiary/aromatic N) is 1. The van der Waals surface area contributed by atoms with Crippen LogP contribution >= 0.6 is 0 Å². The Balaban J connectivity index is 2.10. The molecule has 0 saturated carbocycles. The molecule has 0 unspecified atom stereocenters. The summed E-state index contributed by atoms with van der Waals surface area (Å²) < 4.78 is 17.2. The zero-order valence-corrected chi connectivity index (χ0v) is 16.9. The summed E-state index contributed by atoms with van der Waals surface area (Å²) >= 11 is 0. The SMILES string of the molecule is CC(C)(C)OC(=O)N1COc2c(BOC(C)(C)C(C)(C)O)cccc2C1. The minimum atomic E-state index is -0.976. The van der Waals surface area contributed by atoms with Crippen molar-refractivity contribution in [3.63, 3.8) is 0 Å². The second-order valence-corrected chi connectivity index (χ2v) is 8.72. The molecule has 1 aromatic rings. The molecule has 7 heteroatoms. The summed E-state index contributed by atoms with van der Waals surface area (Å²) in [6.45, 7) is 13.2. The Morgan fingerprint density at radius 2 is 1.85 bits per heavy atom. The van der Waals surface area contributed by atoms with Gasteiger partial charge in [-0.1, -0.05) is 18.2 Å². The van der Waals surface area contributed by atoms with E-state index in [-0.39, 0.29) is 6.73 Å². The molecule has 0 atom stereocenters. The average molecular weight is 363 g/mol. The second kappa shape index (κ2) is 7.12. The fourth-order valence-electron chi connectivity index (χ4n) is 2.33. The number of amides is 1. The summed E-state index contributed by atoms with van der Waals surface area (Å²) in [5.41, 5.74) is -0.438. The second-order valence-electron chi connectivity index (χ2n) is 8.72. The molecule has 1 N–H and O–H groups in total. The third-order valence-corrected chi connectivity index (χ3v) is 4.62. The molecule has 0 aromatic heterocycles. The maximum atomic E-state index is 12.2. The van der Waals surface area contributed by atoms with Crippen molar-refractivity contribution in [2.24, 2.45) is 0 Å². The predicted molar refractivity (Wildman–Crippen MR) is 102 cm³/mol. The number of rotatable bonds is 4. The van der Waals surface area contributed by atoms with E-state index in [2.05, 4.69) is 0 Å². The van der Waals surface area contributed by atoms with Crippen LogP contribution in [0, 0.1) is 0 Å². The molecule has 0 radical (unpaired) electrons. The molecule has 0 saturated heterocycles. The van der Waals surface area contributed by atoms with Crippen molar-refractivity contribution in [3.05, 3.63) is 23.8 Å². The number of aliphatic hydroxyl groups is 1. The monoisotopic (exact) mass is 363 g/mol. The summed E-state index contributed by atoms with van der Waals surface area (Å²) in [5, 5.41) is 10.2. The number of hydrogen-bond donors (Lipinski definition) is 1. The van der Waals surface area contributed by atoms with Crippen LogP contribution < -0.4 is 10.2 Å². The fourth-order valence-corrected chi connectivity index (χ4v) is 2.33. The van der Waals surface area contributed by atoms with E-state index in [9.17, 15) is 9.90 Å². The van der Waals surface area contributed by atoms with E-state index in [4.69, 9.17) is 14.1 Å². The molecule has 0 spiro atoms. The largest absolute Gasteiger partial charge is 0.473 e. The summed E-state index contributed by atoms with van der Waals surface area (Å²) in [5.74, 6) is 0.735.